The number of benzene rings is 1. The zero-order valence-electron chi connectivity index (χ0n) is 10.9. The van der Waals surface area contributed by atoms with Crippen LogP contribution in [0.2, 0.25) is 0 Å². The maximum Gasteiger partial charge on any atom is 0.246 e. The van der Waals surface area contributed by atoms with Gasteiger partial charge in [0.1, 0.15) is 6.54 Å². The van der Waals surface area contributed by atoms with Gasteiger partial charge in [-0.3, -0.25) is 9.59 Å². The first-order valence-corrected chi connectivity index (χ1v) is 6.57. The Balaban J connectivity index is 2.18. The fourth-order valence-electron chi connectivity index (χ4n) is 2.22. The van der Waals surface area contributed by atoms with Crippen molar-refractivity contribution < 1.29 is 9.59 Å². The third-order valence-corrected chi connectivity index (χ3v) is 3.22. The number of hydrogen-bond acceptors (Lipinski definition) is 3. The first-order chi connectivity index (χ1) is 9.22. The monoisotopic (exact) mass is 261 g/mol. The first kappa shape index (κ1) is 13.5. The molecule has 1 aliphatic rings. The van der Waals surface area contributed by atoms with Crippen molar-refractivity contribution in [2.45, 2.75) is 19.3 Å². The summed E-state index contributed by atoms with van der Waals surface area (Å²) in [5.41, 5.74) is 7.44. The van der Waals surface area contributed by atoms with Gasteiger partial charge >= 0.3 is 0 Å². The molecule has 0 saturated carbocycles. The molecule has 2 amide bonds. The van der Waals surface area contributed by atoms with E-state index >= 15 is 0 Å². The summed E-state index contributed by atoms with van der Waals surface area (Å²) in [6, 6.07) is 7.75. The summed E-state index contributed by atoms with van der Waals surface area (Å²) in [4.78, 5) is 24.9. The Hall–Kier alpha value is -1.88. The van der Waals surface area contributed by atoms with E-state index in [2.05, 4.69) is 5.32 Å². The Morgan fingerprint density at radius 1 is 1.21 bits per heavy atom. The van der Waals surface area contributed by atoms with E-state index < -0.39 is 0 Å². The Kier molecular flexibility index (Phi) is 4.52. The molecule has 1 heterocycles. The third-order valence-electron chi connectivity index (χ3n) is 3.22. The van der Waals surface area contributed by atoms with Crippen molar-refractivity contribution in [2.75, 3.05) is 24.5 Å². The highest BCUT2D eigenvalue weighted by molar-refractivity contribution is 6.04. The molecule has 0 unspecified atom stereocenters. The molecule has 0 spiro atoms. The molecule has 2 rings (SSSR count). The molecule has 102 valence electrons. The minimum atomic E-state index is -0.114. The molecule has 0 bridgehead atoms. The maximum atomic E-state index is 11.9. The van der Waals surface area contributed by atoms with Gasteiger partial charge in [-0.1, -0.05) is 18.2 Å². The molecule has 1 fully saturated rings. The summed E-state index contributed by atoms with van der Waals surface area (Å²) >= 11 is 0. The molecule has 1 saturated heterocycles. The predicted molar refractivity (Wildman–Crippen MR) is 73.8 cm³/mol. The van der Waals surface area contributed by atoms with Crippen molar-refractivity contribution in [3.8, 4) is 0 Å². The Labute approximate surface area is 112 Å². The molecule has 5 nitrogen and oxygen atoms in total. The number of nitrogens with two attached hydrogens (primary N) is 1. The number of aryl methyl sites for hydroxylation is 1. The van der Waals surface area contributed by atoms with Gasteiger partial charge in [0.2, 0.25) is 11.8 Å². The summed E-state index contributed by atoms with van der Waals surface area (Å²) in [5.74, 6) is -0.178. The number of nitrogens with one attached hydrogen (secondary N) is 1. The maximum absolute atomic E-state index is 11.9. The molecular formula is C14H19N3O2. The van der Waals surface area contributed by atoms with E-state index in [0.29, 0.717) is 6.54 Å². The number of hydrogen-bond donors (Lipinski definition) is 2. The average Bonchev–Trinajstić information content (AvgIpc) is 2.42. The second-order valence-electron chi connectivity index (χ2n) is 4.63. The van der Waals surface area contributed by atoms with Gasteiger partial charge in [0.25, 0.3) is 0 Å². The summed E-state index contributed by atoms with van der Waals surface area (Å²) < 4.78 is 0. The lowest BCUT2D eigenvalue weighted by Gasteiger charge is -2.28. The zero-order valence-corrected chi connectivity index (χ0v) is 10.9. The first-order valence-electron chi connectivity index (χ1n) is 6.57. The standard InChI is InChI=1S/C14H19N3O2/c15-8-4-3-6-11-5-1-2-7-12(11)17-10-13(18)16-9-14(17)19/h1-2,5,7H,3-4,6,8-10,15H2,(H,16,18). The molecule has 0 aliphatic carbocycles. The summed E-state index contributed by atoms with van der Waals surface area (Å²) in [5, 5.41) is 2.56. The number of anilines is 1. The van der Waals surface area contributed by atoms with E-state index in [1.165, 1.54) is 0 Å². The number of unbranched alkanes of at least 4 members (excludes halogenated alkanes) is 1. The van der Waals surface area contributed by atoms with Gasteiger partial charge in [-0.25, -0.2) is 0 Å². The summed E-state index contributed by atoms with van der Waals surface area (Å²) in [7, 11) is 0. The fourth-order valence-corrected chi connectivity index (χ4v) is 2.22. The fraction of sp³-hybridized carbons (Fsp3) is 0.429. The number of amides is 2. The third kappa shape index (κ3) is 3.32. The molecule has 0 atom stereocenters. The van der Waals surface area contributed by atoms with Crippen LogP contribution in [0.4, 0.5) is 5.69 Å². The predicted octanol–water partition coefficient (Wildman–Crippen LogP) is 0.431. The van der Waals surface area contributed by atoms with Gasteiger partial charge in [0.05, 0.1) is 6.54 Å². The number of carbonyl (C=O) groups is 2. The van der Waals surface area contributed by atoms with E-state index in [4.69, 9.17) is 5.73 Å². The highest BCUT2D eigenvalue weighted by atomic mass is 16.2. The number of piperazine rings is 1. The molecule has 19 heavy (non-hydrogen) atoms. The van der Waals surface area contributed by atoms with E-state index in [9.17, 15) is 9.59 Å². The van der Waals surface area contributed by atoms with E-state index in [1.54, 1.807) is 4.90 Å². The lowest BCUT2D eigenvalue weighted by molar-refractivity contribution is -0.128. The molecule has 0 radical (unpaired) electrons. The second-order valence-corrected chi connectivity index (χ2v) is 4.63. The normalized spacial score (nSPS) is 15.5. The van der Waals surface area contributed by atoms with Gasteiger partial charge in [0.15, 0.2) is 0 Å². The van der Waals surface area contributed by atoms with Crippen LogP contribution in [0.3, 0.4) is 0 Å². The van der Waals surface area contributed by atoms with Gasteiger partial charge in [-0.2, -0.15) is 0 Å². The quantitative estimate of drug-likeness (QED) is 0.755. The van der Waals surface area contributed by atoms with Gasteiger partial charge in [-0.05, 0) is 37.4 Å². The number of para-hydroxylation sites is 1. The smallest absolute Gasteiger partial charge is 0.246 e. The Morgan fingerprint density at radius 2 is 2.00 bits per heavy atom. The highest BCUT2D eigenvalue weighted by Crippen LogP contribution is 2.23. The van der Waals surface area contributed by atoms with Gasteiger partial charge in [0, 0.05) is 5.69 Å². The van der Waals surface area contributed by atoms with Crippen molar-refractivity contribution >= 4 is 17.5 Å². The SMILES string of the molecule is NCCCCc1ccccc1N1CC(=O)NCC1=O. The lowest BCUT2D eigenvalue weighted by atomic mass is 10.0. The molecule has 3 N–H and O–H groups in total. The molecular weight excluding hydrogens is 242 g/mol. The van der Waals surface area contributed by atoms with Gasteiger partial charge < -0.3 is 16.0 Å². The van der Waals surface area contributed by atoms with Crippen LogP contribution >= 0.6 is 0 Å². The molecule has 5 heteroatoms. The molecule has 1 aromatic carbocycles. The van der Waals surface area contributed by atoms with Crippen molar-refractivity contribution in [3.05, 3.63) is 29.8 Å². The number of rotatable bonds is 5. The second kappa shape index (κ2) is 6.33. The van der Waals surface area contributed by atoms with Crippen molar-refractivity contribution in [1.82, 2.24) is 5.32 Å². The summed E-state index contributed by atoms with van der Waals surface area (Å²) in [6.45, 7) is 0.857. The molecule has 1 aliphatic heterocycles. The molecule has 1 aromatic rings. The minimum absolute atomic E-state index is 0.0640. The largest absolute Gasteiger partial charge is 0.345 e. The minimum Gasteiger partial charge on any atom is -0.345 e. The van der Waals surface area contributed by atoms with E-state index in [1.807, 2.05) is 24.3 Å². The highest BCUT2D eigenvalue weighted by Gasteiger charge is 2.25. The number of carbonyl (C=O) groups excluding carboxylic acids is 2. The van der Waals surface area contributed by atoms with Crippen LogP contribution < -0.4 is 16.0 Å². The lowest BCUT2D eigenvalue weighted by Crippen LogP contribution is -2.52. The van der Waals surface area contributed by atoms with Gasteiger partial charge in [-0.15, -0.1) is 0 Å². The van der Waals surface area contributed by atoms with Crippen LogP contribution in [0.25, 0.3) is 0 Å². The van der Waals surface area contributed by atoms with E-state index in [-0.39, 0.29) is 24.9 Å². The topological polar surface area (TPSA) is 75.4 Å². The van der Waals surface area contributed by atoms with Crippen molar-refractivity contribution in [2.24, 2.45) is 5.73 Å². The van der Waals surface area contributed by atoms with E-state index in [0.717, 1.165) is 30.5 Å². The Bertz CT molecular complexity index is 474. The van der Waals surface area contributed by atoms with Crippen molar-refractivity contribution in [3.63, 3.8) is 0 Å². The number of nitrogens with zero attached hydrogens (tertiary/aromatic N) is 1. The van der Waals surface area contributed by atoms with Crippen LogP contribution in [-0.2, 0) is 16.0 Å². The van der Waals surface area contributed by atoms with Crippen LogP contribution in [0.15, 0.2) is 24.3 Å². The van der Waals surface area contributed by atoms with Crippen LogP contribution in [-0.4, -0.2) is 31.4 Å². The van der Waals surface area contributed by atoms with Crippen LogP contribution in [0.5, 0.6) is 0 Å². The Morgan fingerprint density at radius 3 is 2.79 bits per heavy atom. The molecule has 0 aromatic heterocycles. The zero-order chi connectivity index (χ0) is 13.7. The van der Waals surface area contributed by atoms with Crippen LogP contribution in [0.1, 0.15) is 18.4 Å². The average molecular weight is 261 g/mol. The van der Waals surface area contributed by atoms with Crippen LogP contribution in [0, 0.1) is 0 Å². The summed E-state index contributed by atoms with van der Waals surface area (Å²) in [6.07, 6.45) is 2.82. The van der Waals surface area contributed by atoms with Crippen molar-refractivity contribution in [1.29, 1.82) is 0 Å².